The highest BCUT2D eigenvalue weighted by Crippen LogP contribution is 2.29. The van der Waals surface area contributed by atoms with Gasteiger partial charge in [0.05, 0.1) is 11.0 Å². The standard InChI is InChI=1S/C15H22ClN3/c1-4-5-11(9-17)15-18-13-7-6-12(16)8-14(13)19(15)10(2)3/h6-8,10-11H,4-5,9,17H2,1-3H3. The zero-order valence-corrected chi connectivity index (χ0v) is 12.6. The highest BCUT2D eigenvalue weighted by atomic mass is 35.5. The molecule has 1 unspecified atom stereocenters. The summed E-state index contributed by atoms with van der Waals surface area (Å²) in [6, 6.07) is 6.22. The molecule has 104 valence electrons. The van der Waals surface area contributed by atoms with Gasteiger partial charge in [0.1, 0.15) is 5.82 Å². The molecule has 3 nitrogen and oxygen atoms in total. The third-order valence-corrected chi connectivity index (χ3v) is 3.72. The highest BCUT2D eigenvalue weighted by Gasteiger charge is 2.20. The van der Waals surface area contributed by atoms with Crippen LogP contribution in [-0.2, 0) is 0 Å². The molecule has 0 aliphatic rings. The molecule has 1 aromatic carbocycles. The van der Waals surface area contributed by atoms with E-state index in [1.165, 1.54) is 0 Å². The van der Waals surface area contributed by atoms with Gasteiger partial charge in [-0.2, -0.15) is 0 Å². The Morgan fingerprint density at radius 1 is 1.37 bits per heavy atom. The fourth-order valence-corrected chi connectivity index (χ4v) is 2.78. The number of hydrogen-bond donors (Lipinski definition) is 1. The topological polar surface area (TPSA) is 43.8 Å². The van der Waals surface area contributed by atoms with Gasteiger partial charge in [-0.1, -0.05) is 24.9 Å². The molecular formula is C15H22ClN3. The van der Waals surface area contributed by atoms with Crippen molar-refractivity contribution >= 4 is 22.6 Å². The van der Waals surface area contributed by atoms with Crippen molar-refractivity contribution in [2.75, 3.05) is 6.54 Å². The van der Waals surface area contributed by atoms with Gasteiger partial charge in [0.2, 0.25) is 0 Å². The number of halogens is 1. The van der Waals surface area contributed by atoms with Crippen molar-refractivity contribution < 1.29 is 0 Å². The number of aromatic nitrogens is 2. The van der Waals surface area contributed by atoms with Crippen LogP contribution in [0.2, 0.25) is 5.02 Å². The van der Waals surface area contributed by atoms with Crippen LogP contribution in [0.25, 0.3) is 11.0 Å². The number of benzene rings is 1. The lowest BCUT2D eigenvalue weighted by Crippen LogP contribution is -2.18. The van der Waals surface area contributed by atoms with Crippen molar-refractivity contribution in [3.63, 3.8) is 0 Å². The van der Waals surface area contributed by atoms with E-state index in [9.17, 15) is 0 Å². The largest absolute Gasteiger partial charge is 0.330 e. The second-order valence-corrected chi connectivity index (χ2v) is 5.72. The first-order valence-corrected chi connectivity index (χ1v) is 7.33. The van der Waals surface area contributed by atoms with Crippen LogP contribution in [0.4, 0.5) is 0 Å². The predicted octanol–water partition coefficient (Wildman–Crippen LogP) is 4.11. The second-order valence-electron chi connectivity index (χ2n) is 5.29. The van der Waals surface area contributed by atoms with Crippen molar-refractivity contribution in [1.82, 2.24) is 9.55 Å². The third kappa shape index (κ3) is 2.77. The summed E-state index contributed by atoms with van der Waals surface area (Å²) in [6.45, 7) is 7.16. The van der Waals surface area contributed by atoms with Crippen LogP contribution >= 0.6 is 11.6 Å². The van der Waals surface area contributed by atoms with Crippen LogP contribution in [0, 0.1) is 0 Å². The summed E-state index contributed by atoms with van der Waals surface area (Å²) < 4.78 is 2.27. The Morgan fingerprint density at radius 2 is 2.11 bits per heavy atom. The SMILES string of the molecule is CCCC(CN)c1nc2ccc(Cl)cc2n1C(C)C. The van der Waals surface area contributed by atoms with Crippen molar-refractivity contribution in [3.05, 3.63) is 29.0 Å². The van der Waals surface area contributed by atoms with E-state index in [0.29, 0.717) is 18.5 Å². The van der Waals surface area contributed by atoms with E-state index in [-0.39, 0.29) is 0 Å². The number of nitrogens with zero attached hydrogens (tertiary/aromatic N) is 2. The van der Waals surface area contributed by atoms with Gasteiger partial charge in [-0.25, -0.2) is 4.98 Å². The van der Waals surface area contributed by atoms with E-state index in [0.717, 1.165) is 34.7 Å². The van der Waals surface area contributed by atoms with Gasteiger partial charge in [-0.3, -0.25) is 0 Å². The fourth-order valence-electron chi connectivity index (χ4n) is 2.62. The molecule has 2 rings (SSSR count). The molecule has 0 fully saturated rings. The average molecular weight is 280 g/mol. The summed E-state index contributed by atoms with van der Waals surface area (Å²) in [5, 5.41) is 0.751. The van der Waals surface area contributed by atoms with Gasteiger partial charge < -0.3 is 10.3 Å². The van der Waals surface area contributed by atoms with E-state index in [1.807, 2.05) is 18.2 Å². The number of nitrogens with two attached hydrogens (primary N) is 1. The summed E-state index contributed by atoms with van der Waals surface area (Å²) in [5.74, 6) is 1.41. The summed E-state index contributed by atoms with van der Waals surface area (Å²) in [6.07, 6.45) is 2.18. The Hall–Kier alpha value is -1.06. The number of imidazole rings is 1. The number of hydrogen-bond acceptors (Lipinski definition) is 2. The van der Waals surface area contributed by atoms with E-state index >= 15 is 0 Å². The first-order valence-electron chi connectivity index (χ1n) is 6.95. The molecule has 0 saturated carbocycles. The average Bonchev–Trinajstić information content (AvgIpc) is 2.74. The first-order chi connectivity index (χ1) is 9.08. The van der Waals surface area contributed by atoms with Gasteiger partial charge in [-0.05, 0) is 38.5 Å². The zero-order valence-electron chi connectivity index (χ0n) is 11.9. The van der Waals surface area contributed by atoms with Crippen molar-refractivity contribution in [2.24, 2.45) is 5.73 Å². The van der Waals surface area contributed by atoms with Gasteiger partial charge in [0.15, 0.2) is 0 Å². The van der Waals surface area contributed by atoms with Gasteiger partial charge in [-0.15, -0.1) is 0 Å². The van der Waals surface area contributed by atoms with Crippen LogP contribution in [0.5, 0.6) is 0 Å². The summed E-state index contributed by atoms with van der Waals surface area (Å²) in [7, 11) is 0. The smallest absolute Gasteiger partial charge is 0.114 e. The molecule has 4 heteroatoms. The van der Waals surface area contributed by atoms with Crippen molar-refractivity contribution in [1.29, 1.82) is 0 Å². The molecule has 0 bridgehead atoms. The van der Waals surface area contributed by atoms with Crippen LogP contribution < -0.4 is 5.73 Å². The minimum atomic E-state index is 0.318. The molecule has 19 heavy (non-hydrogen) atoms. The lowest BCUT2D eigenvalue weighted by atomic mass is 10.0. The summed E-state index contributed by atoms with van der Waals surface area (Å²) >= 11 is 6.11. The molecule has 0 amide bonds. The molecule has 0 aliphatic heterocycles. The molecule has 1 aromatic heterocycles. The lowest BCUT2D eigenvalue weighted by Gasteiger charge is -2.19. The molecule has 0 spiro atoms. The quantitative estimate of drug-likeness (QED) is 0.895. The summed E-state index contributed by atoms with van der Waals surface area (Å²) in [5.41, 5.74) is 8.04. The van der Waals surface area contributed by atoms with Crippen LogP contribution in [0.1, 0.15) is 51.4 Å². The third-order valence-electron chi connectivity index (χ3n) is 3.48. The van der Waals surface area contributed by atoms with Gasteiger partial charge in [0.25, 0.3) is 0 Å². The minimum absolute atomic E-state index is 0.318. The van der Waals surface area contributed by atoms with Gasteiger partial charge in [0, 0.05) is 23.5 Å². The van der Waals surface area contributed by atoms with E-state index in [4.69, 9.17) is 22.3 Å². The first kappa shape index (κ1) is 14.4. The van der Waals surface area contributed by atoms with Gasteiger partial charge >= 0.3 is 0 Å². The van der Waals surface area contributed by atoms with Crippen molar-refractivity contribution in [2.45, 2.75) is 45.6 Å². The Kier molecular flexibility index (Phi) is 4.48. The van der Waals surface area contributed by atoms with E-state index in [1.54, 1.807) is 0 Å². The number of fused-ring (bicyclic) bond motifs is 1. The van der Waals surface area contributed by atoms with Crippen LogP contribution in [0.3, 0.4) is 0 Å². The van der Waals surface area contributed by atoms with E-state index < -0.39 is 0 Å². The molecule has 1 atom stereocenters. The second kappa shape index (κ2) is 5.93. The Bertz CT molecular complexity index is 560. The number of rotatable bonds is 5. The Morgan fingerprint density at radius 3 is 2.68 bits per heavy atom. The maximum Gasteiger partial charge on any atom is 0.114 e. The Balaban J connectivity index is 2.62. The highest BCUT2D eigenvalue weighted by molar-refractivity contribution is 6.31. The fraction of sp³-hybridized carbons (Fsp3) is 0.533. The molecule has 2 N–H and O–H groups in total. The van der Waals surface area contributed by atoms with Crippen LogP contribution in [0.15, 0.2) is 18.2 Å². The molecule has 1 heterocycles. The molecule has 0 saturated heterocycles. The monoisotopic (exact) mass is 279 g/mol. The normalized spacial score (nSPS) is 13.4. The predicted molar refractivity (Wildman–Crippen MR) is 81.8 cm³/mol. The molecular weight excluding hydrogens is 258 g/mol. The minimum Gasteiger partial charge on any atom is -0.330 e. The van der Waals surface area contributed by atoms with Crippen molar-refractivity contribution in [3.8, 4) is 0 Å². The van der Waals surface area contributed by atoms with Crippen LogP contribution in [-0.4, -0.2) is 16.1 Å². The summed E-state index contributed by atoms with van der Waals surface area (Å²) in [4.78, 5) is 4.79. The van der Waals surface area contributed by atoms with E-state index in [2.05, 4.69) is 25.3 Å². The zero-order chi connectivity index (χ0) is 14.0. The molecule has 0 radical (unpaired) electrons. The molecule has 2 aromatic rings. The lowest BCUT2D eigenvalue weighted by molar-refractivity contribution is 0.515. The molecule has 0 aliphatic carbocycles. The Labute approximate surface area is 119 Å². The maximum atomic E-state index is 6.11. The maximum absolute atomic E-state index is 6.11.